The summed E-state index contributed by atoms with van der Waals surface area (Å²) < 4.78 is 5.90. The van der Waals surface area contributed by atoms with E-state index in [0.29, 0.717) is 22.9 Å². The molecule has 0 fully saturated rings. The van der Waals surface area contributed by atoms with Crippen LogP contribution in [-0.4, -0.2) is 5.11 Å². The Bertz CT molecular complexity index is 566. The summed E-state index contributed by atoms with van der Waals surface area (Å²) in [6.07, 6.45) is 0.130. The van der Waals surface area contributed by atoms with Crippen molar-refractivity contribution in [2.75, 3.05) is 0 Å². The molecule has 0 aliphatic rings. The van der Waals surface area contributed by atoms with Crippen molar-refractivity contribution in [3.8, 4) is 11.5 Å². The summed E-state index contributed by atoms with van der Waals surface area (Å²) in [6.45, 7) is 3.90. The van der Waals surface area contributed by atoms with Crippen molar-refractivity contribution in [2.24, 2.45) is 0 Å². The normalized spacial score (nSPS) is 12.2. The maximum atomic E-state index is 10.0. The maximum Gasteiger partial charge on any atom is 0.133 e. The van der Waals surface area contributed by atoms with E-state index in [-0.39, 0.29) is 0 Å². The quantitative estimate of drug-likeness (QED) is 0.862. The lowest BCUT2D eigenvalue weighted by Crippen LogP contribution is -1.99. The molecule has 100 valence electrons. The first-order valence-electron chi connectivity index (χ1n) is 6.32. The van der Waals surface area contributed by atoms with Gasteiger partial charge in [0.1, 0.15) is 11.5 Å². The third kappa shape index (κ3) is 3.28. The van der Waals surface area contributed by atoms with Crippen LogP contribution in [0.3, 0.4) is 0 Å². The number of aliphatic hydroxyl groups is 1. The monoisotopic (exact) mass is 276 g/mol. The van der Waals surface area contributed by atoms with Gasteiger partial charge in [0.05, 0.1) is 6.10 Å². The topological polar surface area (TPSA) is 29.5 Å². The third-order valence-electron chi connectivity index (χ3n) is 3.03. The van der Waals surface area contributed by atoms with Crippen LogP contribution in [0.25, 0.3) is 0 Å². The molecule has 0 radical (unpaired) electrons. The van der Waals surface area contributed by atoms with E-state index in [1.807, 2.05) is 50.2 Å². The number of para-hydroxylation sites is 1. The Labute approximate surface area is 118 Å². The summed E-state index contributed by atoms with van der Waals surface area (Å²) >= 11 is 5.98. The third-order valence-corrected chi connectivity index (χ3v) is 3.27. The first-order chi connectivity index (χ1) is 9.11. The van der Waals surface area contributed by atoms with Crippen molar-refractivity contribution >= 4 is 11.6 Å². The van der Waals surface area contributed by atoms with Gasteiger partial charge in [-0.3, -0.25) is 0 Å². The van der Waals surface area contributed by atoms with Gasteiger partial charge in [0, 0.05) is 10.6 Å². The molecule has 2 aromatic carbocycles. The van der Waals surface area contributed by atoms with E-state index in [9.17, 15) is 5.11 Å². The highest BCUT2D eigenvalue weighted by atomic mass is 35.5. The van der Waals surface area contributed by atoms with E-state index in [2.05, 4.69) is 0 Å². The number of ether oxygens (including phenoxy) is 1. The molecule has 0 amide bonds. The average molecular weight is 277 g/mol. The Morgan fingerprint density at radius 1 is 1.16 bits per heavy atom. The Morgan fingerprint density at radius 3 is 2.63 bits per heavy atom. The molecule has 0 heterocycles. The molecule has 0 bridgehead atoms. The molecule has 0 spiro atoms. The molecule has 0 saturated carbocycles. The first kappa shape index (κ1) is 13.9. The molecule has 2 aromatic rings. The zero-order valence-electron chi connectivity index (χ0n) is 11.1. The van der Waals surface area contributed by atoms with Gasteiger partial charge in [0.15, 0.2) is 0 Å². The van der Waals surface area contributed by atoms with Crippen LogP contribution in [0.4, 0.5) is 0 Å². The van der Waals surface area contributed by atoms with Crippen molar-refractivity contribution in [3.63, 3.8) is 0 Å². The predicted molar refractivity (Wildman–Crippen MR) is 78.0 cm³/mol. The number of aryl methyl sites for hydroxylation is 1. The molecule has 0 aliphatic carbocycles. The summed E-state index contributed by atoms with van der Waals surface area (Å²) in [5.41, 5.74) is 1.80. The zero-order chi connectivity index (χ0) is 13.8. The van der Waals surface area contributed by atoms with Crippen molar-refractivity contribution in [2.45, 2.75) is 26.4 Å². The Balaban J connectivity index is 2.35. The lowest BCUT2D eigenvalue weighted by Gasteiger charge is -2.16. The summed E-state index contributed by atoms with van der Waals surface area (Å²) in [6, 6.07) is 13.0. The van der Waals surface area contributed by atoms with Crippen LogP contribution in [0.1, 0.15) is 30.6 Å². The van der Waals surface area contributed by atoms with Crippen molar-refractivity contribution in [1.29, 1.82) is 0 Å². The van der Waals surface area contributed by atoms with E-state index in [0.717, 1.165) is 11.1 Å². The molecule has 2 rings (SSSR count). The summed E-state index contributed by atoms with van der Waals surface area (Å²) in [5, 5.41) is 10.6. The molecule has 0 aliphatic heterocycles. The number of hydrogen-bond donors (Lipinski definition) is 1. The van der Waals surface area contributed by atoms with Crippen LogP contribution in [0, 0.1) is 6.92 Å². The van der Waals surface area contributed by atoms with Crippen molar-refractivity contribution < 1.29 is 9.84 Å². The van der Waals surface area contributed by atoms with E-state index in [1.165, 1.54) is 0 Å². The smallest absolute Gasteiger partial charge is 0.133 e. The van der Waals surface area contributed by atoms with Crippen LogP contribution in [-0.2, 0) is 0 Å². The van der Waals surface area contributed by atoms with Gasteiger partial charge in [-0.2, -0.15) is 0 Å². The maximum absolute atomic E-state index is 10.0. The molecule has 1 atom stereocenters. The van der Waals surface area contributed by atoms with Gasteiger partial charge in [-0.15, -0.1) is 0 Å². The van der Waals surface area contributed by atoms with Crippen molar-refractivity contribution in [1.82, 2.24) is 0 Å². The first-order valence-corrected chi connectivity index (χ1v) is 6.70. The summed E-state index contributed by atoms with van der Waals surface area (Å²) in [7, 11) is 0. The van der Waals surface area contributed by atoms with Crippen LogP contribution >= 0.6 is 11.6 Å². The van der Waals surface area contributed by atoms with Gasteiger partial charge >= 0.3 is 0 Å². The molecule has 0 saturated heterocycles. The van der Waals surface area contributed by atoms with E-state index in [1.54, 1.807) is 6.07 Å². The van der Waals surface area contributed by atoms with Crippen LogP contribution in [0.5, 0.6) is 11.5 Å². The summed E-state index contributed by atoms with van der Waals surface area (Å²) in [4.78, 5) is 0. The highest BCUT2D eigenvalue weighted by Crippen LogP contribution is 2.33. The molecule has 0 aromatic heterocycles. The molecular weight excluding hydrogens is 260 g/mol. The fourth-order valence-electron chi connectivity index (χ4n) is 1.87. The number of halogens is 1. The van der Waals surface area contributed by atoms with E-state index in [4.69, 9.17) is 16.3 Å². The fraction of sp³-hybridized carbons (Fsp3) is 0.250. The molecule has 0 unspecified atom stereocenters. The second-order valence-corrected chi connectivity index (χ2v) is 4.91. The number of rotatable bonds is 4. The molecule has 19 heavy (non-hydrogen) atoms. The summed E-state index contributed by atoms with van der Waals surface area (Å²) in [5.74, 6) is 1.38. The second kappa shape index (κ2) is 6.09. The highest BCUT2D eigenvalue weighted by Gasteiger charge is 2.12. The molecule has 2 nitrogen and oxygen atoms in total. The lowest BCUT2D eigenvalue weighted by atomic mass is 10.1. The molecule has 1 N–H and O–H groups in total. The molecule has 3 heteroatoms. The van der Waals surface area contributed by atoms with E-state index < -0.39 is 6.10 Å². The number of aliphatic hydroxyl groups excluding tert-OH is 1. The minimum absolute atomic E-state index is 0.518. The zero-order valence-corrected chi connectivity index (χ0v) is 11.8. The second-order valence-electron chi connectivity index (χ2n) is 4.47. The average Bonchev–Trinajstić information content (AvgIpc) is 2.42. The van der Waals surface area contributed by atoms with Gasteiger partial charge in [0.25, 0.3) is 0 Å². The largest absolute Gasteiger partial charge is 0.457 e. The van der Waals surface area contributed by atoms with Gasteiger partial charge in [-0.05, 0) is 37.1 Å². The minimum atomic E-state index is -0.518. The fourth-order valence-corrected chi connectivity index (χ4v) is 2.03. The van der Waals surface area contributed by atoms with Crippen LogP contribution < -0.4 is 4.74 Å². The lowest BCUT2D eigenvalue weighted by molar-refractivity contribution is 0.170. The SMILES string of the molecule is CC[C@@H](O)c1ccccc1Oc1cc(Cl)ccc1C. The van der Waals surface area contributed by atoms with E-state index >= 15 is 0 Å². The van der Waals surface area contributed by atoms with Crippen molar-refractivity contribution in [3.05, 3.63) is 58.6 Å². The standard InChI is InChI=1S/C16H17ClO2/c1-3-14(18)13-6-4-5-7-15(13)19-16-10-12(17)9-8-11(16)2/h4-10,14,18H,3H2,1-2H3/t14-/m1/s1. The van der Waals surface area contributed by atoms with Gasteiger partial charge in [-0.25, -0.2) is 0 Å². The van der Waals surface area contributed by atoms with Gasteiger partial charge < -0.3 is 9.84 Å². The Morgan fingerprint density at radius 2 is 1.89 bits per heavy atom. The Kier molecular flexibility index (Phi) is 4.46. The van der Waals surface area contributed by atoms with Crippen LogP contribution in [0.15, 0.2) is 42.5 Å². The number of benzene rings is 2. The van der Waals surface area contributed by atoms with Gasteiger partial charge in [-0.1, -0.05) is 42.8 Å². The highest BCUT2D eigenvalue weighted by molar-refractivity contribution is 6.30. The number of hydrogen-bond acceptors (Lipinski definition) is 2. The molecular formula is C16H17ClO2. The van der Waals surface area contributed by atoms with Crippen LogP contribution in [0.2, 0.25) is 5.02 Å². The predicted octanol–water partition coefficient (Wildman–Crippen LogP) is 4.88. The Hall–Kier alpha value is -1.51. The minimum Gasteiger partial charge on any atom is -0.457 e. The van der Waals surface area contributed by atoms with Gasteiger partial charge in [0.2, 0.25) is 0 Å².